The lowest BCUT2D eigenvalue weighted by molar-refractivity contribution is -0.119. The molecule has 138 valence electrons. The molecule has 1 atom stereocenters. The third-order valence-electron chi connectivity index (χ3n) is 5.14. The Kier molecular flexibility index (Phi) is 5.02. The average molecular weight is 371 g/mol. The van der Waals surface area contributed by atoms with Crippen LogP contribution in [0.15, 0.2) is 29.4 Å². The van der Waals surface area contributed by atoms with Gasteiger partial charge in [-0.2, -0.15) is 0 Å². The molecule has 0 spiro atoms. The number of carbonyl (C=O) groups excluding carboxylic acids is 1. The van der Waals surface area contributed by atoms with Gasteiger partial charge in [0.2, 0.25) is 5.91 Å². The molecule has 4 rings (SSSR count). The summed E-state index contributed by atoms with van der Waals surface area (Å²) in [6.45, 7) is 4.17. The van der Waals surface area contributed by atoms with Gasteiger partial charge in [0.05, 0.1) is 11.8 Å². The predicted molar refractivity (Wildman–Crippen MR) is 103 cm³/mol. The lowest BCUT2D eigenvalue weighted by Gasteiger charge is -2.15. The van der Waals surface area contributed by atoms with E-state index in [2.05, 4.69) is 51.3 Å². The van der Waals surface area contributed by atoms with Gasteiger partial charge in [0.1, 0.15) is 5.82 Å². The van der Waals surface area contributed by atoms with E-state index in [4.69, 9.17) is 0 Å². The molecule has 2 fully saturated rings. The second-order valence-electron chi connectivity index (χ2n) is 7.39. The molecule has 5 nitrogen and oxygen atoms in total. The number of aryl methyl sites for hydroxylation is 1. The van der Waals surface area contributed by atoms with Crippen LogP contribution in [-0.4, -0.2) is 26.4 Å². The van der Waals surface area contributed by atoms with Gasteiger partial charge in [0, 0.05) is 12.0 Å². The monoisotopic (exact) mass is 370 g/mol. The fraction of sp³-hybridized carbons (Fsp3) is 0.550. The number of nitrogens with one attached hydrogen (secondary N) is 1. The summed E-state index contributed by atoms with van der Waals surface area (Å²) in [5, 5.41) is 12.8. The second kappa shape index (κ2) is 7.43. The van der Waals surface area contributed by atoms with Gasteiger partial charge in [-0.3, -0.25) is 4.79 Å². The van der Waals surface area contributed by atoms with Crippen molar-refractivity contribution in [1.82, 2.24) is 20.1 Å². The lowest BCUT2D eigenvalue weighted by atomic mass is 10.1. The molecule has 2 saturated carbocycles. The van der Waals surface area contributed by atoms with Crippen LogP contribution in [0.3, 0.4) is 0 Å². The van der Waals surface area contributed by atoms with Crippen molar-refractivity contribution in [3.05, 3.63) is 41.2 Å². The van der Waals surface area contributed by atoms with E-state index in [-0.39, 0.29) is 11.9 Å². The number of nitrogens with zero attached hydrogens (tertiary/aromatic N) is 3. The quantitative estimate of drug-likeness (QED) is 0.713. The van der Waals surface area contributed by atoms with Gasteiger partial charge in [0.25, 0.3) is 0 Å². The van der Waals surface area contributed by atoms with Crippen LogP contribution >= 0.6 is 11.8 Å². The van der Waals surface area contributed by atoms with Crippen molar-refractivity contribution in [2.24, 2.45) is 0 Å². The number of aromatic nitrogens is 3. The first-order valence-electron chi connectivity index (χ1n) is 9.61. The Bertz CT molecular complexity index is 778. The van der Waals surface area contributed by atoms with Crippen LogP contribution in [0.4, 0.5) is 0 Å². The molecule has 1 aromatic heterocycles. The third kappa shape index (κ3) is 3.95. The summed E-state index contributed by atoms with van der Waals surface area (Å²) in [4.78, 5) is 12.4. The van der Waals surface area contributed by atoms with E-state index in [1.54, 1.807) is 0 Å². The van der Waals surface area contributed by atoms with Gasteiger partial charge in [-0.15, -0.1) is 10.2 Å². The minimum Gasteiger partial charge on any atom is -0.349 e. The highest BCUT2D eigenvalue weighted by molar-refractivity contribution is 7.99. The molecule has 0 saturated heterocycles. The van der Waals surface area contributed by atoms with E-state index in [9.17, 15) is 4.79 Å². The highest BCUT2D eigenvalue weighted by Crippen LogP contribution is 2.45. The number of benzene rings is 1. The van der Waals surface area contributed by atoms with E-state index in [0.717, 1.165) is 23.0 Å². The third-order valence-corrected chi connectivity index (χ3v) is 6.09. The number of carbonyl (C=O) groups is 1. The smallest absolute Gasteiger partial charge is 0.230 e. The minimum absolute atomic E-state index is 0.0114. The Morgan fingerprint density at radius 3 is 2.58 bits per heavy atom. The molecule has 1 aromatic carbocycles. The summed E-state index contributed by atoms with van der Waals surface area (Å²) in [7, 11) is 0. The van der Waals surface area contributed by atoms with Crippen LogP contribution in [0.2, 0.25) is 0 Å². The maximum atomic E-state index is 12.4. The molecule has 1 amide bonds. The fourth-order valence-electron chi connectivity index (χ4n) is 3.22. The maximum absolute atomic E-state index is 12.4. The highest BCUT2D eigenvalue weighted by Gasteiger charge is 2.36. The first-order chi connectivity index (χ1) is 12.7. The number of hydrogen-bond acceptors (Lipinski definition) is 4. The summed E-state index contributed by atoms with van der Waals surface area (Å²) in [6.07, 6.45) is 5.90. The molecule has 1 N–H and O–H groups in total. The van der Waals surface area contributed by atoms with Crippen LogP contribution in [0, 0.1) is 0 Å². The number of amides is 1. The summed E-state index contributed by atoms with van der Waals surface area (Å²) in [5.41, 5.74) is 2.45. The van der Waals surface area contributed by atoms with E-state index in [1.165, 1.54) is 43.0 Å². The first kappa shape index (κ1) is 17.6. The molecule has 0 radical (unpaired) electrons. The largest absolute Gasteiger partial charge is 0.349 e. The molecule has 0 unspecified atom stereocenters. The topological polar surface area (TPSA) is 59.8 Å². The molecule has 2 aliphatic rings. The Labute approximate surface area is 159 Å². The molecule has 2 aromatic rings. The molecule has 26 heavy (non-hydrogen) atoms. The first-order valence-corrected chi connectivity index (χ1v) is 10.6. The zero-order valence-electron chi connectivity index (χ0n) is 15.4. The van der Waals surface area contributed by atoms with Gasteiger partial charge in [-0.05, 0) is 50.2 Å². The van der Waals surface area contributed by atoms with Gasteiger partial charge >= 0.3 is 0 Å². The van der Waals surface area contributed by atoms with Gasteiger partial charge < -0.3 is 9.88 Å². The van der Waals surface area contributed by atoms with E-state index < -0.39 is 0 Å². The molecular formula is C20H26N4OS. The number of thioether (sulfide) groups is 1. The van der Waals surface area contributed by atoms with Crippen molar-refractivity contribution in [2.45, 2.75) is 69.1 Å². The van der Waals surface area contributed by atoms with Crippen LogP contribution < -0.4 is 5.32 Å². The summed E-state index contributed by atoms with van der Waals surface area (Å²) in [6, 6.07) is 9.03. The Hall–Kier alpha value is -1.82. The normalized spacial score (nSPS) is 17.9. The highest BCUT2D eigenvalue weighted by atomic mass is 32.2. The fourth-order valence-corrected chi connectivity index (χ4v) is 4.04. The minimum atomic E-state index is 0.0114. The number of rotatable bonds is 8. The second-order valence-corrected chi connectivity index (χ2v) is 8.33. The molecule has 1 heterocycles. The standard InChI is InChI=1S/C20H26N4OS/c1-3-14-4-6-15(7-5-14)13(2)21-18(25)12-26-20-23-22-19(16-8-9-16)24(20)17-10-11-17/h4-7,13,16-17H,3,8-12H2,1-2H3,(H,21,25)/t13-/m1/s1. The van der Waals surface area contributed by atoms with Crippen LogP contribution in [-0.2, 0) is 11.2 Å². The van der Waals surface area contributed by atoms with E-state index >= 15 is 0 Å². The van der Waals surface area contributed by atoms with E-state index in [1.807, 2.05) is 6.92 Å². The van der Waals surface area contributed by atoms with Crippen LogP contribution in [0.5, 0.6) is 0 Å². The Morgan fingerprint density at radius 2 is 1.96 bits per heavy atom. The predicted octanol–water partition coefficient (Wildman–Crippen LogP) is 4.02. The summed E-state index contributed by atoms with van der Waals surface area (Å²) < 4.78 is 2.29. The van der Waals surface area contributed by atoms with Gasteiger partial charge in [-0.25, -0.2) is 0 Å². The zero-order chi connectivity index (χ0) is 18.1. The number of hydrogen-bond donors (Lipinski definition) is 1. The molecule has 0 aliphatic heterocycles. The van der Waals surface area contributed by atoms with Crippen molar-refractivity contribution in [3.8, 4) is 0 Å². The van der Waals surface area contributed by atoms with Crippen molar-refractivity contribution >= 4 is 17.7 Å². The summed E-state index contributed by atoms with van der Waals surface area (Å²) >= 11 is 1.51. The van der Waals surface area contributed by atoms with E-state index in [0.29, 0.717) is 17.7 Å². The van der Waals surface area contributed by atoms with Crippen molar-refractivity contribution < 1.29 is 4.79 Å². The average Bonchev–Trinajstić information content (AvgIpc) is 3.58. The molecular weight excluding hydrogens is 344 g/mol. The maximum Gasteiger partial charge on any atom is 0.230 e. The molecule has 2 aliphatic carbocycles. The zero-order valence-corrected chi connectivity index (χ0v) is 16.3. The molecule has 0 bridgehead atoms. The van der Waals surface area contributed by atoms with Crippen molar-refractivity contribution in [2.75, 3.05) is 5.75 Å². The SMILES string of the molecule is CCc1ccc([C@@H](C)NC(=O)CSc2nnc(C3CC3)n2C2CC2)cc1. The van der Waals surface area contributed by atoms with Gasteiger partial charge in [-0.1, -0.05) is 43.0 Å². The van der Waals surface area contributed by atoms with Crippen molar-refractivity contribution in [1.29, 1.82) is 0 Å². The van der Waals surface area contributed by atoms with Gasteiger partial charge in [0.15, 0.2) is 5.16 Å². The molecule has 6 heteroatoms. The van der Waals surface area contributed by atoms with Crippen molar-refractivity contribution in [3.63, 3.8) is 0 Å². The van der Waals surface area contributed by atoms with Crippen LogP contribution in [0.1, 0.15) is 74.5 Å². The summed E-state index contributed by atoms with van der Waals surface area (Å²) in [5.74, 6) is 2.16. The Balaban J connectivity index is 1.34. The Morgan fingerprint density at radius 1 is 1.23 bits per heavy atom. The lowest BCUT2D eigenvalue weighted by Crippen LogP contribution is -2.28. The van der Waals surface area contributed by atoms with Crippen LogP contribution in [0.25, 0.3) is 0 Å².